The third kappa shape index (κ3) is 1.94. The highest BCUT2D eigenvalue weighted by atomic mass is 16.5. The lowest BCUT2D eigenvalue weighted by molar-refractivity contribution is 0.110. The first-order valence-electron chi connectivity index (χ1n) is 3.62. The molecule has 1 aliphatic heterocycles. The third-order valence-electron chi connectivity index (χ3n) is 1.88. The first-order valence-corrected chi connectivity index (χ1v) is 3.62. The molecule has 10 heavy (non-hydrogen) atoms. The molecule has 1 N–H and O–H groups in total. The van der Waals surface area contributed by atoms with E-state index in [0.717, 1.165) is 19.6 Å². The summed E-state index contributed by atoms with van der Waals surface area (Å²) in [4.78, 5) is 0. The molecule has 0 aromatic heterocycles. The lowest BCUT2D eigenvalue weighted by Gasteiger charge is -2.07. The minimum atomic E-state index is 0.389. The smallest absolute Gasteiger partial charge is 0.0711 e. The zero-order valence-electron chi connectivity index (χ0n) is 6.59. The van der Waals surface area contributed by atoms with Crippen molar-refractivity contribution in [3.05, 3.63) is 0 Å². The zero-order chi connectivity index (χ0) is 7.40. The van der Waals surface area contributed by atoms with Crippen molar-refractivity contribution in [2.75, 3.05) is 27.4 Å². The minimum absolute atomic E-state index is 0.389. The summed E-state index contributed by atoms with van der Waals surface area (Å²) in [5.74, 6) is 0. The van der Waals surface area contributed by atoms with Crippen LogP contribution in [0, 0.1) is 0 Å². The highest BCUT2D eigenvalue weighted by molar-refractivity contribution is 4.81. The van der Waals surface area contributed by atoms with Gasteiger partial charge in [0.05, 0.1) is 12.7 Å². The van der Waals surface area contributed by atoms with E-state index in [2.05, 4.69) is 5.32 Å². The maximum Gasteiger partial charge on any atom is 0.0711 e. The number of nitrogens with one attached hydrogen (secondary N) is 1. The van der Waals surface area contributed by atoms with Gasteiger partial charge in [-0.15, -0.1) is 0 Å². The van der Waals surface area contributed by atoms with Crippen molar-refractivity contribution in [3.63, 3.8) is 0 Å². The molecule has 0 aromatic carbocycles. The maximum absolute atomic E-state index is 5.17. The van der Waals surface area contributed by atoms with Crippen molar-refractivity contribution < 1.29 is 9.47 Å². The fraction of sp³-hybridized carbons (Fsp3) is 1.00. The van der Waals surface area contributed by atoms with Crippen LogP contribution in [0.4, 0.5) is 0 Å². The van der Waals surface area contributed by atoms with Crippen LogP contribution >= 0.6 is 0 Å². The van der Waals surface area contributed by atoms with Crippen molar-refractivity contribution in [1.82, 2.24) is 5.32 Å². The first-order chi connectivity index (χ1) is 4.86. The van der Waals surface area contributed by atoms with E-state index in [-0.39, 0.29) is 0 Å². The molecule has 1 aliphatic rings. The molecule has 1 rings (SSSR count). The summed E-state index contributed by atoms with van der Waals surface area (Å²) in [6.45, 7) is 1.75. The van der Waals surface area contributed by atoms with Crippen LogP contribution in [0.3, 0.4) is 0 Å². The van der Waals surface area contributed by atoms with Gasteiger partial charge in [-0.05, 0) is 6.42 Å². The number of hydrogen-bond acceptors (Lipinski definition) is 3. The second kappa shape index (κ2) is 3.91. The van der Waals surface area contributed by atoms with Crippen LogP contribution in [0.1, 0.15) is 6.42 Å². The summed E-state index contributed by atoms with van der Waals surface area (Å²) in [6.07, 6.45) is 1.46. The summed E-state index contributed by atoms with van der Waals surface area (Å²) >= 11 is 0. The van der Waals surface area contributed by atoms with E-state index in [9.17, 15) is 0 Å². The van der Waals surface area contributed by atoms with Crippen molar-refractivity contribution in [1.29, 1.82) is 0 Å². The Labute approximate surface area is 61.7 Å². The van der Waals surface area contributed by atoms with Crippen LogP contribution in [-0.2, 0) is 9.47 Å². The Morgan fingerprint density at radius 1 is 1.50 bits per heavy atom. The first kappa shape index (κ1) is 7.98. The Morgan fingerprint density at radius 2 is 2.30 bits per heavy atom. The highest BCUT2D eigenvalue weighted by Gasteiger charge is 2.22. The Morgan fingerprint density at radius 3 is 2.80 bits per heavy atom. The molecule has 0 radical (unpaired) electrons. The molecule has 0 spiro atoms. The predicted octanol–water partition coefficient (Wildman–Crippen LogP) is 0.00970. The van der Waals surface area contributed by atoms with E-state index in [1.165, 1.54) is 0 Å². The molecule has 0 amide bonds. The molecular formula is C7H15NO2. The maximum atomic E-state index is 5.17. The molecule has 1 fully saturated rings. The molecule has 3 heteroatoms. The van der Waals surface area contributed by atoms with Gasteiger partial charge in [0.25, 0.3) is 0 Å². The third-order valence-corrected chi connectivity index (χ3v) is 1.88. The van der Waals surface area contributed by atoms with Crippen molar-refractivity contribution in [2.45, 2.75) is 18.6 Å². The largest absolute Gasteiger partial charge is 0.383 e. The Hall–Kier alpha value is -0.120. The fourth-order valence-corrected chi connectivity index (χ4v) is 1.29. The molecule has 0 bridgehead atoms. The topological polar surface area (TPSA) is 30.5 Å². The molecular weight excluding hydrogens is 130 g/mol. The van der Waals surface area contributed by atoms with Crippen LogP contribution in [-0.4, -0.2) is 39.5 Å². The molecule has 0 saturated carbocycles. The highest BCUT2D eigenvalue weighted by Crippen LogP contribution is 2.08. The van der Waals surface area contributed by atoms with Crippen LogP contribution in [0.15, 0.2) is 0 Å². The van der Waals surface area contributed by atoms with Gasteiger partial charge in [-0.3, -0.25) is 0 Å². The SMILES string of the molecule is COCC1CC(OC)CN1. The number of methoxy groups -OCH3 is 2. The standard InChI is InChI=1S/C7H15NO2/c1-9-5-6-3-7(10-2)4-8-6/h6-8H,3-5H2,1-2H3. The van der Waals surface area contributed by atoms with Gasteiger partial charge in [0.2, 0.25) is 0 Å². The fourth-order valence-electron chi connectivity index (χ4n) is 1.29. The van der Waals surface area contributed by atoms with Crippen LogP contribution in [0.5, 0.6) is 0 Å². The van der Waals surface area contributed by atoms with Gasteiger partial charge in [-0.1, -0.05) is 0 Å². The van der Waals surface area contributed by atoms with E-state index in [1.807, 2.05) is 0 Å². The summed E-state index contributed by atoms with van der Waals surface area (Å²) in [5, 5.41) is 3.31. The van der Waals surface area contributed by atoms with Gasteiger partial charge in [0.15, 0.2) is 0 Å². The van der Waals surface area contributed by atoms with Crippen molar-refractivity contribution >= 4 is 0 Å². The van der Waals surface area contributed by atoms with Gasteiger partial charge in [-0.2, -0.15) is 0 Å². The molecule has 2 atom stereocenters. The lowest BCUT2D eigenvalue weighted by Crippen LogP contribution is -2.25. The summed E-state index contributed by atoms with van der Waals surface area (Å²) in [5.41, 5.74) is 0. The second-order valence-electron chi connectivity index (χ2n) is 2.65. The average Bonchev–Trinajstić information content (AvgIpc) is 2.37. The minimum Gasteiger partial charge on any atom is -0.383 e. The van der Waals surface area contributed by atoms with Crippen molar-refractivity contribution in [2.24, 2.45) is 0 Å². The van der Waals surface area contributed by atoms with Gasteiger partial charge >= 0.3 is 0 Å². The number of rotatable bonds is 3. The van der Waals surface area contributed by atoms with Crippen molar-refractivity contribution in [3.8, 4) is 0 Å². The molecule has 1 saturated heterocycles. The molecule has 0 aromatic rings. The Bertz CT molecular complexity index is 97.6. The molecule has 2 unspecified atom stereocenters. The molecule has 3 nitrogen and oxygen atoms in total. The van der Waals surface area contributed by atoms with Crippen LogP contribution < -0.4 is 5.32 Å². The Kier molecular flexibility index (Phi) is 3.12. The Balaban J connectivity index is 2.15. The van der Waals surface area contributed by atoms with E-state index in [1.54, 1.807) is 14.2 Å². The second-order valence-corrected chi connectivity index (χ2v) is 2.65. The summed E-state index contributed by atoms with van der Waals surface area (Å²) in [7, 11) is 3.48. The van der Waals surface area contributed by atoms with Crippen LogP contribution in [0.2, 0.25) is 0 Å². The normalized spacial score (nSPS) is 33.0. The van der Waals surface area contributed by atoms with Gasteiger partial charge in [0.1, 0.15) is 0 Å². The molecule has 0 aliphatic carbocycles. The summed E-state index contributed by atoms with van der Waals surface area (Å²) < 4.78 is 10.2. The average molecular weight is 145 g/mol. The summed E-state index contributed by atoms with van der Waals surface area (Å²) in [6, 6.07) is 0.495. The predicted molar refractivity (Wildman–Crippen MR) is 39.1 cm³/mol. The molecule has 60 valence electrons. The van der Waals surface area contributed by atoms with Crippen LogP contribution in [0.25, 0.3) is 0 Å². The lowest BCUT2D eigenvalue weighted by atomic mass is 10.2. The number of hydrogen-bond donors (Lipinski definition) is 1. The van der Waals surface area contributed by atoms with E-state index >= 15 is 0 Å². The molecule has 1 heterocycles. The van der Waals surface area contributed by atoms with Gasteiger partial charge in [0, 0.05) is 26.8 Å². The zero-order valence-corrected chi connectivity index (χ0v) is 6.59. The van der Waals surface area contributed by atoms with Gasteiger partial charge in [-0.25, -0.2) is 0 Å². The quantitative estimate of drug-likeness (QED) is 0.607. The van der Waals surface area contributed by atoms with E-state index in [0.29, 0.717) is 12.1 Å². The monoisotopic (exact) mass is 145 g/mol. The number of ether oxygens (including phenoxy) is 2. The van der Waals surface area contributed by atoms with Gasteiger partial charge < -0.3 is 14.8 Å². The van der Waals surface area contributed by atoms with E-state index < -0.39 is 0 Å². The van der Waals surface area contributed by atoms with E-state index in [4.69, 9.17) is 9.47 Å².